The Morgan fingerprint density at radius 1 is 1.26 bits per heavy atom. The normalized spacial score (nSPS) is 12.9. The van der Waals surface area contributed by atoms with Crippen molar-refractivity contribution < 1.29 is 9.53 Å². The van der Waals surface area contributed by atoms with Crippen molar-refractivity contribution >= 4 is 17.3 Å². The van der Waals surface area contributed by atoms with Crippen LogP contribution in [0.2, 0.25) is 0 Å². The summed E-state index contributed by atoms with van der Waals surface area (Å²) >= 11 is 0. The second-order valence-electron chi connectivity index (χ2n) is 5.87. The number of carbonyl (C=O) groups is 1. The number of methoxy groups -OCH3 is 1. The van der Waals surface area contributed by atoms with E-state index in [9.17, 15) is 4.79 Å². The second-order valence-corrected chi connectivity index (χ2v) is 5.87. The summed E-state index contributed by atoms with van der Waals surface area (Å²) in [5.74, 6) is 0.703. The summed E-state index contributed by atoms with van der Waals surface area (Å²) < 4.78 is 5.30. The van der Waals surface area contributed by atoms with Crippen LogP contribution in [0.1, 0.15) is 17.5 Å². The standard InChI is InChI=1S/C19H22N2O2/c1-14-7-8-18(23-2)16(13-14)20-19(22)10-12-21-11-9-15-5-3-4-6-17(15)21/h3-8,13H,9-12H2,1-2H3,(H,20,22). The Labute approximate surface area is 137 Å². The van der Waals surface area contributed by atoms with Crippen molar-refractivity contribution in [1.82, 2.24) is 0 Å². The third-order valence-electron chi connectivity index (χ3n) is 4.22. The maximum atomic E-state index is 12.3. The molecule has 3 rings (SSSR count). The van der Waals surface area contributed by atoms with E-state index in [1.54, 1.807) is 7.11 Å². The Hall–Kier alpha value is -2.49. The first kappa shape index (κ1) is 15.4. The van der Waals surface area contributed by atoms with Gasteiger partial charge in [0.1, 0.15) is 5.75 Å². The first-order chi connectivity index (χ1) is 11.2. The summed E-state index contributed by atoms with van der Waals surface area (Å²) in [6, 6.07) is 14.2. The molecule has 2 aromatic rings. The van der Waals surface area contributed by atoms with Gasteiger partial charge in [-0.05, 0) is 42.7 Å². The maximum absolute atomic E-state index is 12.3. The van der Waals surface area contributed by atoms with Crippen LogP contribution < -0.4 is 15.0 Å². The molecule has 0 bridgehead atoms. The molecule has 23 heavy (non-hydrogen) atoms. The number of nitrogens with zero attached hydrogens (tertiary/aromatic N) is 1. The molecular formula is C19H22N2O2. The summed E-state index contributed by atoms with van der Waals surface area (Å²) in [5.41, 5.74) is 4.45. The number of hydrogen-bond acceptors (Lipinski definition) is 3. The van der Waals surface area contributed by atoms with Gasteiger partial charge in [0.2, 0.25) is 5.91 Å². The van der Waals surface area contributed by atoms with E-state index in [2.05, 4.69) is 34.5 Å². The van der Waals surface area contributed by atoms with Crippen molar-refractivity contribution in [2.75, 3.05) is 30.4 Å². The zero-order chi connectivity index (χ0) is 16.2. The van der Waals surface area contributed by atoms with E-state index in [1.807, 2.05) is 25.1 Å². The lowest BCUT2D eigenvalue weighted by Gasteiger charge is -2.19. The highest BCUT2D eigenvalue weighted by Crippen LogP contribution is 2.28. The molecule has 120 valence electrons. The van der Waals surface area contributed by atoms with Gasteiger partial charge in [0, 0.05) is 25.2 Å². The highest BCUT2D eigenvalue weighted by atomic mass is 16.5. The van der Waals surface area contributed by atoms with Crippen LogP contribution in [-0.4, -0.2) is 26.1 Å². The summed E-state index contributed by atoms with van der Waals surface area (Å²) in [6.07, 6.45) is 1.52. The van der Waals surface area contributed by atoms with Crippen LogP contribution in [0.3, 0.4) is 0 Å². The van der Waals surface area contributed by atoms with Crippen LogP contribution in [0.4, 0.5) is 11.4 Å². The molecule has 0 radical (unpaired) electrons. The molecule has 1 heterocycles. The van der Waals surface area contributed by atoms with Gasteiger partial charge in [0.05, 0.1) is 12.8 Å². The molecule has 1 amide bonds. The smallest absolute Gasteiger partial charge is 0.226 e. The molecule has 4 nitrogen and oxygen atoms in total. The van der Waals surface area contributed by atoms with Crippen LogP contribution in [0, 0.1) is 6.92 Å². The zero-order valence-corrected chi connectivity index (χ0v) is 13.6. The Kier molecular flexibility index (Phi) is 4.51. The molecule has 4 heteroatoms. The van der Waals surface area contributed by atoms with Crippen molar-refractivity contribution in [3.63, 3.8) is 0 Å². The summed E-state index contributed by atoms with van der Waals surface area (Å²) in [7, 11) is 1.61. The number of para-hydroxylation sites is 1. The molecular weight excluding hydrogens is 288 g/mol. The number of aryl methyl sites for hydroxylation is 1. The van der Waals surface area contributed by atoms with Crippen LogP contribution in [-0.2, 0) is 11.2 Å². The van der Waals surface area contributed by atoms with Crippen molar-refractivity contribution in [3.05, 3.63) is 53.6 Å². The van der Waals surface area contributed by atoms with E-state index in [1.165, 1.54) is 11.3 Å². The second kappa shape index (κ2) is 6.73. The van der Waals surface area contributed by atoms with Crippen molar-refractivity contribution in [2.24, 2.45) is 0 Å². The van der Waals surface area contributed by atoms with Crippen LogP contribution in [0.5, 0.6) is 5.75 Å². The molecule has 0 saturated carbocycles. The van der Waals surface area contributed by atoms with Crippen LogP contribution >= 0.6 is 0 Å². The van der Waals surface area contributed by atoms with Gasteiger partial charge < -0.3 is 15.0 Å². The van der Waals surface area contributed by atoms with E-state index in [0.29, 0.717) is 12.2 Å². The number of benzene rings is 2. The van der Waals surface area contributed by atoms with Gasteiger partial charge >= 0.3 is 0 Å². The largest absolute Gasteiger partial charge is 0.495 e. The predicted octanol–water partition coefficient (Wildman–Crippen LogP) is 3.39. The predicted molar refractivity (Wildman–Crippen MR) is 93.3 cm³/mol. The van der Waals surface area contributed by atoms with E-state index >= 15 is 0 Å². The van der Waals surface area contributed by atoms with Gasteiger partial charge in [0.25, 0.3) is 0 Å². The quantitative estimate of drug-likeness (QED) is 0.920. The fraction of sp³-hybridized carbons (Fsp3) is 0.316. The van der Waals surface area contributed by atoms with Gasteiger partial charge in [-0.1, -0.05) is 24.3 Å². The van der Waals surface area contributed by atoms with Crippen LogP contribution in [0.25, 0.3) is 0 Å². The Morgan fingerprint density at radius 3 is 2.91 bits per heavy atom. The molecule has 0 aromatic heterocycles. The Morgan fingerprint density at radius 2 is 2.09 bits per heavy atom. The summed E-state index contributed by atoms with van der Waals surface area (Å²) in [5, 5.41) is 2.96. The number of carbonyl (C=O) groups excluding carboxylic acids is 1. The van der Waals surface area contributed by atoms with Gasteiger partial charge in [-0.2, -0.15) is 0 Å². The highest BCUT2D eigenvalue weighted by molar-refractivity contribution is 5.92. The highest BCUT2D eigenvalue weighted by Gasteiger charge is 2.19. The first-order valence-electron chi connectivity index (χ1n) is 7.95. The number of anilines is 2. The van der Waals surface area contributed by atoms with Gasteiger partial charge in [0.15, 0.2) is 0 Å². The fourth-order valence-corrected chi connectivity index (χ4v) is 3.01. The third kappa shape index (κ3) is 3.47. The molecule has 0 fully saturated rings. The fourth-order valence-electron chi connectivity index (χ4n) is 3.01. The van der Waals surface area contributed by atoms with E-state index in [4.69, 9.17) is 4.74 Å². The Bertz CT molecular complexity index is 712. The van der Waals surface area contributed by atoms with Crippen molar-refractivity contribution in [1.29, 1.82) is 0 Å². The number of nitrogens with one attached hydrogen (secondary N) is 1. The number of fused-ring (bicyclic) bond motifs is 1. The van der Waals surface area contributed by atoms with Crippen molar-refractivity contribution in [2.45, 2.75) is 19.8 Å². The molecule has 1 aliphatic rings. The van der Waals surface area contributed by atoms with Gasteiger partial charge in [-0.3, -0.25) is 4.79 Å². The number of rotatable bonds is 5. The minimum atomic E-state index is 0.0123. The molecule has 1 aliphatic heterocycles. The average Bonchev–Trinajstić information content (AvgIpc) is 2.96. The molecule has 0 unspecified atom stereocenters. The molecule has 0 spiro atoms. The average molecular weight is 310 g/mol. The maximum Gasteiger partial charge on any atom is 0.226 e. The molecule has 0 saturated heterocycles. The number of hydrogen-bond donors (Lipinski definition) is 1. The minimum absolute atomic E-state index is 0.0123. The first-order valence-corrected chi connectivity index (χ1v) is 7.95. The molecule has 0 atom stereocenters. The van der Waals surface area contributed by atoms with Gasteiger partial charge in [-0.25, -0.2) is 0 Å². The molecule has 1 N–H and O–H groups in total. The molecule has 2 aromatic carbocycles. The van der Waals surface area contributed by atoms with Crippen LogP contribution in [0.15, 0.2) is 42.5 Å². The SMILES string of the molecule is COc1ccc(C)cc1NC(=O)CCN1CCc2ccccc21. The van der Waals surface area contributed by atoms with E-state index in [-0.39, 0.29) is 5.91 Å². The monoisotopic (exact) mass is 310 g/mol. The lowest BCUT2D eigenvalue weighted by Crippen LogP contribution is -2.26. The lowest BCUT2D eigenvalue weighted by atomic mass is 10.2. The topological polar surface area (TPSA) is 41.6 Å². The van der Waals surface area contributed by atoms with Gasteiger partial charge in [-0.15, -0.1) is 0 Å². The van der Waals surface area contributed by atoms with Crippen molar-refractivity contribution in [3.8, 4) is 5.75 Å². The number of ether oxygens (including phenoxy) is 1. The zero-order valence-electron chi connectivity index (χ0n) is 13.6. The molecule has 0 aliphatic carbocycles. The van der Waals surface area contributed by atoms with E-state index < -0.39 is 0 Å². The third-order valence-corrected chi connectivity index (χ3v) is 4.22. The summed E-state index contributed by atoms with van der Waals surface area (Å²) in [4.78, 5) is 14.5. The minimum Gasteiger partial charge on any atom is -0.495 e. The Balaban J connectivity index is 1.60. The van der Waals surface area contributed by atoms with E-state index in [0.717, 1.165) is 30.8 Å². The summed E-state index contributed by atoms with van der Waals surface area (Å²) in [6.45, 7) is 3.72. The number of amides is 1. The lowest BCUT2D eigenvalue weighted by molar-refractivity contribution is -0.116.